The smallest absolute Gasteiger partial charge is 0.135 e. The molecule has 6 heteroatoms. The average molecular weight is 406 g/mol. The van der Waals surface area contributed by atoms with Crippen molar-refractivity contribution in [2.75, 3.05) is 38.4 Å². The van der Waals surface area contributed by atoms with Crippen molar-refractivity contribution in [1.82, 2.24) is 9.88 Å². The summed E-state index contributed by atoms with van der Waals surface area (Å²) in [5.41, 5.74) is 4.30. The van der Waals surface area contributed by atoms with Crippen LogP contribution in [-0.4, -0.2) is 54.9 Å². The Morgan fingerprint density at radius 2 is 2.04 bits per heavy atom. The molecule has 0 radical (unpaired) electrons. The molecule has 0 aromatic carbocycles. The maximum absolute atomic E-state index is 6.59. The lowest BCUT2D eigenvalue weighted by molar-refractivity contribution is 0.0470. The highest BCUT2D eigenvalue weighted by atomic mass is 35.5. The van der Waals surface area contributed by atoms with Gasteiger partial charge in [-0.05, 0) is 65.1 Å². The third-order valence-electron chi connectivity index (χ3n) is 6.30. The maximum atomic E-state index is 6.59. The molecule has 1 unspecified atom stereocenters. The lowest BCUT2D eigenvalue weighted by Crippen LogP contribution is -2.48. The van der Waals surface area contributed by atoms with E-state index in [2.05, 4.69) is 34.9 Å². The van der Waals surface area contributed by atoms with E-state index in [1.165, 1.54) is 31.5 Å². The van der Waals surface area contributed by atoms with Crippen LogP contribution in [0.2, 0.25) is 5.15 Å². The highest BCUT2D eigenvalue weighted by Gasteiger charge is 2.38. The molecule has 1 aliphatic carbocycles. The number of ether oxygens (including phenoxy) is 1. The van der Waals surface area contributed by atoms with Crippen LogP contribution in [0.25, 0.3) is 6.08 Å². The Morgan fingerprint density at radius 3 is 2.79 bits per heavy atom. The van der Waals surface area contributed by atoms with Gasteiger partial charge in [0.05, 0.1) is 29.6 Å². The van der Waals surface area contributed by atoms with Crippen LogP contribution in [0.15, 0.2) is 6.08 Å². The largest absolute Gasteiger partial charge is 0.377 e. The van der Waals surface area contributed by atoms with Gasteiger partial charge in [-0.2, -0.15) is 0 Å². The van der Waals surface area contributed by atoms with E-state index in [0.29, 0.717) is 5.15 Å². The quantitative estimate of drug-likeness (QED) is 0.522. The fourth-order valence-electron chi connectivity index (χ4n) is 4.60. The normalized spacial score (nSPS) is 23.7. The fourth-order valence-corrected chi connectivity index (χ4v) is 4.88. The molecule has 5 nitrogen and oxygen atoms in total. The van der Waals surface area contributed by atoms with Crippen LogP contribution in [0.1, 0.15) is 56.4 Å². The van der Waals surface area contributed by atoms with Gasteiger partial charge in [0.2, 0.25) is 0 Å². The zero-order valence-electron chi connectivity index (χ0n) is 17.3. The van der Waals surface area contributed by atoms with Crippen LogP contribution in [0.4, 0.5) is 5.69 Å². The van der Waals surface area contributed by atoms with Gasteiger partial charge in [-0.15, -0.1) is 0 Å². The van der Waals surface area contributed by atoms with Gasteiger partial charge in [-0.25, -0.2) is 10.0 Å². The monoisotopic (exact) mass is 405 g/mol. The van der Waals surface area contributed by atoms with Gasteiger partial charge in [0, 0.05) is 31.2 Å². The van der Waals surface area contributed by atoms with Crippen molar-refractivity contribution in [2.45, 2.75) is 64.0 Å². The predicted molar refractivity (Wildman–Crippen MR) is 114 cm³/mol. The molecule has 1 saturated heterocycles. The number of likely N-dealkylation sites (tertiary alicyclic amines) is 1. The van der Waals surface area contributed by atoms with E-state index in [4.69, 9.17) is 21.2 Å². The molecule has 1 aromatic rings. The number of fused-ring (bicyclic) bond motifs is 3. The molecule has 154 valence electrons. The van der Waals surface area contributed by atoms with Gasteiger partial charge in [0.15, 0.2) is 0 Å². The number of nitrogens with zero attached hydrogens (tertiary/aromatic N) is 3. The Labute approximate surface area is 173 Å². The molecular formula is C22H32ClN3O2. The molecule has 1 atom stereocenters. The summed E-state index contributed by atoms with van der Waals surface area (Å²) in [4.78, 5) is 13.6. The van der Waals surface area contributed by atoms with Crippen LogP contribution in [0, 0.1) is 0 Å². The number of hydrogen-bond acceptors (Lipinski definition) is 5. The molecule has 1 fully saturated rings. The zero-order chi connectivity index (χ0) is 19.7. The molecule has 4 rings (SSSR count). The Morgan fingerprint density at radius 1 is 1.25 bits per heavy atom. The van der Waals surface area contributed by atoms with E-state index in [1.807, 2.05) is 6.08 Å². The summed E-state index contributed by atoms with van der Waals surface area (Å²) in [5, 5.41) is 2.74. The van der Waals surface area contributed by atoms with Gasteiger partial charge >= 0.3 is 0 Å². The Kier molecular flexibility index (Phi) is 5.98. The maximum Gasteiger partial charge on any atom is 0.135 e. The topological polar surface area (TPSA) is 37.8 Å². The SMILES string of the molecule is COC1C=Cc2nc(Cl)c3c(c2C1)N(OCCCN1CCCC1)C(C)(C)CC3. The third-order valence-corrected chi connectivity index (χ3v) is 6.62. The van der Waals surface area contributed by atoms with Gasteiger partial charge in [-0.3, -0.25) is 4.84 Å². The Balaban J connectivity index is 1.58. The van der Waals surface area contributed by atoms with E-state index in [0.717, 1.165) is 55.8 Å². The number of halogens is 1. The molecule has 0 spiro atoms. The van der Waals surface area contributed by atoms with E-state index in [9.17, 15) is 0 Å². The first-order chi connectivity index (χ1) is 13.5. The minimum Gasteiger partial charge on any atom is -0.377 e. The van der Waals surface area contributed by atoms with Crippen molar-refractivity contribution in [1.29, 1.82) is 0 Å². The van der Waals surface area contributed by atoms with E-state index in [1.54, 1.807) is 7.11 Å². The average Bonchev–Trinajstić information content (AvgIpc) is 3.19. The highest BCUT2D eigenvalue weighted by molar-refractivity contribution is 6.30. The number of aromatic nitrogens is 1. The molecule has 0 bridgehead atoms. The molecule has 0 N–H and O–H groups in total. The second kappa shape index (κ2) is 8.31. The second-order valence-corrected chi connectivity index (χ2v) is 9.13. The van der Waals surface area contributed by atoms with Crippen LogP contribution in [-0.2, 0) is 22.4 Å². The van der Waals surface area contributed by atoms with Crippen molar-refractivity contribution in [2.24, 2.45) is 0 Å². The minimum absolute atomic E-state index is 0.0710. The summed E-state index contributed by atoms with van der Waals surface area (Å²) >= 11 is 6.59. The molecule has 3 aliphatic rings. The van der Waals surface area contributed by atoms with Crippen molar-refractivity contribution < 1.29 is 9.57 Å². The van der Waals surface area contributed by atoms with Gasteiger partial charge in [0.25, 0.3) is 0 Å². The Bertz CT molecular complexity index is 744. The summed E-state index contributed by atoms with van der Waals surface area (Å²) < 4.78 is 5.60. The van der Waals surface area contributed by atoms with E-state index >= 15 is 0 Å². The second-order valence-electron chi connectivity index (χ2n) is 8.77. The molecule has 0 amide bonds. The summed E-state index contributed by atoms with van der Waals surface area (Å²) in [5.74, 6) is 0. The minimum atomic E-state index is -0.0805. The number of hydrogen-bond donors (Lipinski definition) is 0. The van der Waals surface area contributed by atoms with Crippen LogP contribution in [0.5, 0.6) is 0 Å². The number of methoxy groups -OCH3 is 1. The van der Waals surface area contributed by atoms with Crippen LogP contribution >= 0.6 is 11.6 Å². The van der Waals surface area contributed by atoms with Crippen molar-refractivity contribution in [3.8, 4) is 0 Å². The molecule has 0 saturated carbocycles. The third kappa shape index (κ3) is 3.95. The standard InChI is InChI=1S/C22H32ClN3O2/c1-22(2)10-9-17-20(26(22)28-14-6-13-25-11-4-5-12-25)18-15-16(27-3)7-8-19(18)24-21(17)23/h7-8,16H,4-6,9-15H2,1-3H3. The summed E-state index contributed by atoms with van der Waals surface area (Å²) in [6.07, 6.45) is 10.6. The van der Waals surface area contributed by atoms with Crippen molar-refractivity contribution >= 4 is 23.4 Å². The highest BCUT2D eigenvalue weighted by Crippen LogP contribution is 2.44. The zero-order valence-corrected chi connectivity index (χ0v) is 18.1. The van der Waals surface area contributed by atoms with Crippen LogP contribution < -0.4 is 5.06 Å². The molecule has 1 aromatic heterocycles. The molecule has 2 aliphatic heterocycles. The summed E-state index contributed by atoms with van der Waals surface area (Å²) in [6, 6.07) is 0. The number of pyridine rings is 1. The lowest BCUT2D eigenvalue weighted by Gasteiger charge is -2.45. The van der Waals surface area contributed by atoms with Crippen molar-refractivity contribution in [3.05, 3.63) is 28.0 Å². The number of rotatable bonds is 6. The number of anilines is 1. The summed E-state index contributed by atoms with van der Waals surface area (Å²) in [6.45, 7) is 8.81. The van der Waals surface area contributed by atoms with Crippen molar-refractivity contribution in [3.63, 3.8) is 0 Å². The van der Waals surface area contributed by atoms with Gasteiger partial charge in [0.1, 0.15) is 5.15 Å². The summed E-state index contributed by atoms with van der Waals surface area (Å²) in [7, 11) is 1.76. The van der Waals surface area contributed by atoms with Gasteiger partial charge in [-0.1, -0.05) is 17.7 Å². The molecular weight excluding hydrogens is 374 g/mol. The van der Waals surface area contributed by atoms with E-state index < -0.39 is 0 Å². The molecule has 28 heavy (non-hydrogen) atoms. The first-order valence-corrected chi connectivity index (χ1v) is 10.9. The number of hydroxylamine groups is 1. The fraction of sp³-hybridized carbons (Fsp3) is 0.682. The Hall–Kier alpha value is -1.14. The van der Waals surface area contributed by atoms with Gasteiger partial charge < -0.3 is 9.64 Å². The molecule has 3 heterocycles. The van der Waals surface area contributed by atoms with E-state index in [-0.39, 0.29) is 11.6 Å². The first-order valence-electron chi connectivity index (χ1n) is 10.6. The first kappa shape index (κ1) is 20.1. The van der Waals surface area contributed by atoms with Crippen LogP contribution in [0.3, 0.4) is 0 Å². The predicted octanol–water partition coefficient (Wildman–Crippen LogP) is 4.27. The lowest BCUT2D eigenvalue weighted by atomic mass is 9.85.